The van der Waals surface area contributed by atoms with Gasteiger partial charge in [-0.1, -0.05) is 36.4 Å². The average molecular weight is 337 g/mol. The summed E-state index contributed by atoms with van der Waals surface area (Å²) in [7, 11) is -2.60. The van der Waals surface area contributed by atoms with Gasteiger partial charge in [0.2, 0.25) is 10.0 Å². The Labute approximate surface area is 136 Å². The topological polar surface area (TPSA) is 57.6 Å². The van der Waals surface area contributed by atoms with Crippen molar-refractivity contribution in [1.29, 1.82) is 0 Å². The first-order valence-corrected chi connectivity index (χ1v) is 8.72. The van der Waals surface area contributed by atoms with E-state index in [0.29, 0.717) is 5.56 Å². The molecule has 2 aromatic carbocycles. The average Bonchev–Trinajstić information content (AvgIpc) is 2.52. The highest BCUT2D eigenvalue weighted by molar-refractivity contribution is 7.89. The molecule has 0 radical (unpaired) electrons. The van der Waals surface area contributed by atoms with E-state index >= 15 is 0 Å². The number of halogens is 1. The zero-order valence-electron chi connectivity index (χ0n) is 13.1. The highest BCUT2D eigenvalue weighted by atomic mass is 32.2. The summed E-state index contributed by atoms with van der Waals surface area (Å²) < 4.78 is 40.7. The maximum atomic E-state index is 14.1. The van der Waals surface area contributed by atoms with Crippen molar-refractivity contribution in [2.24, 2.45) is 0 Å². The second kappa shape index (κ2) is 7.21. The summed E-state index contributed by atoms with van der Waals surface area (Å²) in [6.45, 7) is 1.53. The number of aryl methyl sites for hydroxylation is 1. The smallest absolute Gasteiger partial charge is 0.246 e. The molecule has 2 rings (SSSR count). The molecule has 0 amide bonds. The van der Waals surface area contributed by atoms with E-state index in [1.807, 2.05) is 6.07 Å². The molecule has 1 N–H and O–H groups in total. The van der Waals surface area contributed by atoms with Crippen molar-refractivity contribution in [2.45, 2.75) is 24.3 Å². The van der Waals surface area contributed by atoms with Crippen LogP contribution in [0.25, 0.3) is 0 Å². The highest BCUT2D eigenvalue weighted by Crippen LogP contribution is 2.29. The third kappa shape index (κ3) is 3.77. The summed E-state index contributed by atoms with van der Waals surface area (Å²) in [6.07, 6.45) is 0.229. The molecule has 0 aliphatic rings. The second-order valence-corrected chi connectivity index (χ2v) is 7.36. The minimum absolute atomic E-state index is 0.171. The third-order valence-electron chi connectivity index (χ3n) is 3.77. The molecule has 124 valence electrons. The van der Waals surface area contributed by atoms with Crippen molar-refractivity contribution in [3.63, 3.8) is 0 Å². The van der Waals surface area contributed by atoms with Crippen LogP contribution >= 0.6 is 0 Å². The molecule has 2 aromatic rings. The predicted molar refractivity (Wildman–Crippen MR) is 87.0 cm³/mol. The maximum absolute atomic E-state index is 14.1. The van der Waals surface area contributed by atoms with Crippen molar-refractivity contribution in [3.8, 4) is 0 Å². The first kappa shape index (κ1) is 17.6. The minimum Gasteiger partial charge on any atom is -0.396 e. The monoisotopic (exact) mass is 337 g/mol. The van der Waals surface area contributed by atoms with Crippen molar-refractivity contribution in [3.05, 3.63) is 65.5 Å². The van der Waals surface area contributed by atoms with Crippen LogP contribution in [0.15, 0.2) is 53.4 Å². The molecule has 23 heavy (non-hydrogen) atoms. The number of hydrogen-bond acceptors (Lipinski definition) is 3. The van der Waals surface area contributed by atoms with Gasteiger partial charge in [-0.05, 0) is 36.6 Å². The zero-order chi connectivity index (χ0) is 17.0. The van der Waals surface area contributed by atoms with E-state index in [1.54, 1.807) is 37.3 Å². The van der Waals surface area contributed by atoms with Gasteiger partial charge in [-0.25, -0.2) is 12.8 Å². The van der Waals surface area contributed by atoms with Crippen LogP contribution < -0.4 is 0 Å². The molecule has 6 heteroatoms. The van der Waals surface area contributed by atoms with Gasteiger partial charge in [-0.2, -0.15) is 4.31 Å². The number of aliphatic hydroxyl groups is 1. The van der Waals surface area contributed by atoms with Gasteiger partial charge in [-0.3, -0.25) is 0 Å². The van der Waals surface area contributed by atoms with Gasteiger partial charge < -0.3 is 5.11 Å². The lowest BCUT2D eigenvalue weighted by molar-refractivity contribution is 0.240. The summed E-state index contributed by atoms with van der Waals surface area (Å²) in [5, 5.41) is 9.28. The quantitative estimate of drug-likeness (QED) is 0.882. The Hall–Kier alpha value is -1.76. The summed E-state index contributed by atoms with van der Waals surface area (Å²) >= 11 is 0. The molecule has 1 atom stereocenters. The Morgan fingerprint density at radius 2 is 1.83 bits per heavy atom. The van der Waals surface area contributed by atoms with Gasteiger partial charge in [-0.15, -0.1) is 0 Å². The third-order valence-corrected chi connectivity index (χ3v) is 5.67. The van der Waals surface area contributed by atoms with Crippen LogP contribution in [0.3, 0.4) is 0 Å². The standard InChI is InChI=1S/C17H20FNO3S/c1-13-8-9-17(15(18)12-13)23(21,22)19(2)16(10-11-20)14-6-4-3-5-7-14/h3-9,12,16,20H,10-11H2,1-2H3. The number of aliphatic hydroxyl groups excluding tert-OH is 1. The molecule has 0 heterocycles. The van der Waals surface area contributed by atoms with Crippen molar-refractivity contribution < 1.29 is 17.9 Å². The summed E-state index contributed by atoms with van der Waals surface area (Å²) in [5.74, 6) is -0.771. The maximum Gasteiger partial charge on any atom is 0.246 e. The van der Waals surface area contributed by atoms with E-state index in [0.717, 1.165) is 9.87 Å². The molecule has 0 aliphatic heterocycles. The van der Waals surface area contributed by atoms with Crippen LogP contribution in [-0.2, 0) is 10.0 Å². The van der Waals surface area contributed by atoms with E-state index in [2.05, 4.69) is 0 Å². The predicted octanol–water partition coefficient (Wildman–Crippen LogP) is 2.88. The van der Waals surface area contributed by atoms with E-state index < -0.39 is 21.9 Å². The Kier molecular flexibility index (Phi) is 5.51. The van der Waals surface area contributed by atoms with Crippen molar-refractivity contribution in [1.82, 2.24) is 4.31 Å². The molecular weight excluding hydrogens is 317 g/mol. The van der Waals surface area contributed by atoms with E-state index in [4.69, 9.17) is 0 Å². The molecule has 0 aliphatic carbocycles. The van der Waals surface area contributed by atoms with E-state index in [1.165, 1.54) is 19.2 Å². The van der Waals surface area contributed by atoms with Crippen molar-refractivity contribution in [2.75, 3.05) is 13.7 Å². The molecule has 0 bridgehead atoms. The minimum atomic E-state index is -4.01. The second-order valence-electron chi connectivity index (χ2n) is 5.39. The number of hydrogen-bond donors (Lipinski definition) is 1. The molecular formula is C17H20FNO3S. The Morgan fingerprint density at radius 3 is 2.39 bits per heavy atom. The van der Waals surface area contributed by atoms with Crippen LogP contribution in [0.5, 0.6) is 0 Å². The zero-order valence-corrected chi connectivity index (χ0v) is 13.9. The normalized spacial score (nSPS) is 13.3. The van der Waals surface area contributed by atoms with Gasteiger partial charge >= 0.3 is 0 Å². The fourth-order valence-corrected chi connectivity index (χ4v) is 3.91. The molecule has 0 fully saturated rings. The number of sulfonamides is 1. The summed E-state index contributed by atoms with van der Waals surface area (Å²) in [5.41, 5.74) is 1.40. The van der Waals surface area contributed by atoms with Crippen LogP contribution in [0.1, 0.15) is 23.6 Å². The van der Waals surface area contributed by atoms with Gasteiger partial charge in [0.1, 0.15) is 10.7 Å². The lowest BCUT2D eigenvalue weighted by Gasteiger charge is -2.27. The van der Waals surface area contributed by atoms with Crippen LogP contribution in [0, 0.1) is 12.7 Å². The van der Waals surface area contributed by atoms with Gasteiger partial charge in [0.25, 0.3) is 0 Å². The number of rotatable bonds is 6. The van der Waals surface area contributed by atoms with Gasteiger partial charge in [0, 0.05) is 13.7 Å². The lowest BCUT2D eigenvalue weighted by Crippen LogP contribution is -2.32. The largest absolute Gasteiger partial charge is 0.396 e. The molecule has 0 saturated heterocycles. The molecule has 1 unspecified atom stereocenters. The molecule has 0 saturated carbocycles. The van der Waals surface area contributed by atoms with Crippen molar-refractivity contribution >= 4 is 10.0 Å². The van der Waals surface area contributed by atoms with Crippen LogP contribution in [0.4, 0.5) is 4.39 Å². The number of nitrogens with zero attached hydrogens (tertiary/aromatic N) is 1. The van der Waals surface area contributed by atoms with Crippen LogP contribution in [0.2, 0.25) is 0 Å². The summed E-state index contributed by atoms with van der Waals surface area (Å²) in [4.78, 5) is -0.357. The Balaban J connectivity index is 2.44. The lowest BCUT2D eigenvalue weighted by atomic mass is 10.0. The van der Waals surface area contributed by atoms with E-state index in [9.17, 15) is 17.9 Å². The number of benzene rings is 2. The molecule has 0 aromatic heterocycles. The Bertz CT molecular complexity index is 763. The fourth-order valence-electron chi connectivity index (χ4n) is 2.49. The SMILES string of the molecule is Cc1ccc(S(=O)(=O)N(C)C(CCO)c2ccccc2)c(F)c1. The first-order chi connectivity index (χ1) is 10.9. The molecule has 4 nitrogen and oxygen atoms in total. The van der Waals surface area contributed by atoms with Gasteiger partial charge in [0.15, 0.2) is 0 Å². The van der Waals surface area contributed by atoms with Gasteiger partial charge in [0.05, 0.1) is 6.04 Å². The fraction of sp³-hybridized carbons (Fsp3) is 0.294. The first-order valence-electron chi connectivity index (χ1n) is 7.28. The van der Waals surface area contributed by atoms with E-state index in [-0.39, 0.29) is 17.9 Å². The van der Waals surface area contributed by atoms with Crippen LogP contribution in [-0.4, -0.2) is 31.5 Å². The highest BCUT2D eigenvalue weighted by Gasteiger charge is 2.30. The molecule has 0 spiro atoms. The summed E-state index contributed by atoms with van der Waals surface area (Å²) in [6, 6.07) is 12.5. The Morgan fingerprint density at radius 1 is 1.17 bits per heavy atom.